The third-order valence-electron chi connectivity index (χ3n) is 3.82. The highest BCUT2D eigenvalue weighted by atomic mass is 32.2. The summed E-state index contributed by atoms with van der Waals surface area (Å²) in [6.07, 6.45) is 0.798. The number of carbonyl (C=O) groups excluding carboxylic acids is 1. The molecule has 136 valence electrons. The average molecular weight is 356 g/mol. The molecule has 0 heterocycles. The Labute approximate surface area is 145 Å². The number of benzene rings is 1. The molecule has 1 unspecified atom stereocenters. The summed E-state index contributed by atoms with van der Waals surface area (Å²) in [7, 11) is -3.23. The van der Waals surface area contributed by atoms with Crippen LogP contribution in [0.25, 0.3) is 0 Å². The topological polar surface area (TPSA) is 101 Å². The van der Waals surface area contributed by atoms with E-state index in [-0.39, 0.29) is 18.2 Å². The van der Waals surface area contributed by atoms with E-state index in [2.05, 4.69) is 23.9 Å². The zero-order valence-corrected chi connectivity index (χ0v) is 15.7. The Balaban J connectivity index is 2.73. The smallest absolute Gasteiger partial charge is 0.251 e. The second-order valence-corrected chi connectivity index (χ2v) is 8.83. The van der Waals surface area contributed by atoms with Crippen molar-refractivity contribution in [2.45, 2.75) is 46.2 Å². The van der Waals surface area contributed by atoms with Gasteiger partial charge < -0.3 is 11.1 Å². The minimum Gasteiger partial charge on any atom is -0.346 e. The van der Waals surface area contributed by atoms with Crippen molar-refractivity contribution in [2.75, 3.05) is 12.3 Å². The summed E-state index contributed by atoms with van der Waals surface area (Å²) in [5.41, 5.74) is 6.70. The Morgan fingerprint density at radius 3 is 2.29 bits per heavy atom. The van der Waals surface area contributed by atoms with Crippen molar-refractivity contribution in [3.8, 4) is 0 Å². The number of hydrogen-bond donors (Lipinski definition) is 3. The minimum atomic E-state index is -3.23. The van der Waals surface area contributed by atoms with Gasteiger partial charge >= 0.3 is 0 Å². The number of amides is 1. The fourth-order valence-electron chi connectivity index (χ4n) is 2.50. The van der Waals surface area contributed by atoms with E-state index in [4.69, 9.17) is 5.73 Å². The first-order valence-corrected chi connectivity index (χ1v) is 9.85. The number of carbonyl (C=O) groups is 1. The molecule has 0 radical (unpaired) electrons. The standard InChI is InChI=1S/C17H29N3O3S/c1-5-24(22,23)19-11-14-6-8-15(9-7-14)16(21)20-17(4,12-18)10-13(2)3/h6-9,13,19H,5,10-12,18H2,1-4H3,(H,20,21). The molecule has 1 rings (SSSR count). The van der Waals surface area contributed by atoms with E-state index in [1.165, 1.54) is 0 Å². The van der Waals surface area contributed by atoms with Crippen molar-refractivity contribution in [1.82, 2.24) is 10.0 Å². The lowest BCUT2D eigenvalue weighted by Crippen LogP contribution is -2.52. The normalized spacial score (nSPS) is 14.4. The second-order valence-electron chi connectivity index (χ2n) is 6.74. The molecule has 4 N–H and O–H groups in total. The molecule has 0 fully saturated rings. The molecular weight excluding hydrogens is 326 g/mol. The number of rotatable bonds is 9. The summed E-state index contributed by atoms with van der Waals surface area (Å²) < 4.78 is 25.4. The van der Waals surface area contributed by atoms with E-state index in [1.807, 2.05) is 6.92 Å². The molecular formula is C17H29N3O3S. The van der Waals surface area contributed by atoms with E-state index in [1.54, 1.807) is 31.2 Å². The molecule has 24 heavy (non-hydrogen) atoms. The van der Waals surface area contributed by atoms with Crippen LogP contribution in [0.4, 0.5) is 0 Å². The average Bonchev–Trinajstić information content (AvgIpc) is 2.52. The summed E-state index contributed by atoms with van der Waals surface area (Å²) in [5.74, 6) is 0.290. The van der Waals surface area contributed by atoms with Crippen LogP contribution < -0.4 is 15.8 Å². The van der Waals surface area contributed by atoms with Crippen molar-refractivity contribution < 1.29 is 13.2 Å². The maximum Gasteiger partial charge on any atom is 0.251 e. The number of nitrogens with one attached hydrogen (secondary N) is 2. The zero-order chi connectivity index (χ0) is 18.4. The molecule has 0 saturated heterocycles. The molecule has 7 heteroatoms. The molecule has 0 aliphatic rings. The van der Waals surface area contributed by atoms with E-state index >= 15 is 0 Å². The van der Waals surface area contributed by atoms with Crippen molar-refractivity contribution in [1.29, 1.82) is 0 Å². The van der Waals surface area contributed by atoms with Gasteiger partial charge in [-0.3, -0.25) is 4.79 Å². The Kier molecular flexibility index (Phi) is 7.38. The van der Waals surface area contributed by atoms with Gasteiger partial charge in [0.1, 0.15) is 0 Å². The zero-order valence-electron chi connectivity index (χ0n) is 14.9. The van der Waals surface area contributed by atoms with Crippen molar-refractivity contribution >= 4 is 15.9 Å². The maximum atomic E-state index is 12.4. The van der Waals surface area contributed by atoms with Gasteiger partial charge in [-0.1, -0.05) is 26.0 Å². The van der Waals surface area contributed by atoms with Crippen LogP contribution in [0.1, 0.15) is 50.0 Å². The number of hydrogen-bond acceptors (Lipinski definition) is 4. The monoisotopic (exact) mass is 355 g/mol. The molecule has 0 aromatic heterocycles. The highest BCUT2D eigenvalue weighted by Gasteiger charge is 2.26. The Morgan fingerprint density at radius 1 is 1.25 bits per heavy atom. The highest BCUT2D eigenvalue weighted by Crippen LogP contribution is 2.16. The van der Waals surface area contributed by atoms with Crippen LogP contribution in [0.15, 0.2) is 24.3 Å². The summed E-state index contributed by atoms with van der Waals surface area (Å²) in [6, 6.07) is 6.87. The van der Waals surface area contributed by atoms with Gasteiger partial charge in [-0.05, 0) is 43.9 Å². The molecule has 1 aromatic rings. The van der Waals surface area contributed by atoms with E-state index in [9.17, 15) is 13.2 Å². The molecule has 0 spiro atoms. The first-order chi connectivity index (χ1) is 11.1. The quantitative estimate of drug-likeness (QED) is 0.626. The predicted molar refractivity (Wildman–Crippen MR) is 97.1 cm³/mol. The van der Waals surface area contributed by atoms with Gasteiger partial charge in [0.2, 0.25) is 10.0 Å². The second kappa shape index (κ2) is 8.60. The van der Waals surface area contributed by atoms with E-state index in [0.717, 1.165) is 12.0 Å². The molecule has 6 nitrogen and oxygen atoms in total. The fraction of sp³-hybridized carbons (Fsp3) is 0.588. The van der Waals surface area contributed by atoms with Crippen molar-refractivity contribution in [2.24, 2.45) is 11.7 Å². The van der Waals surface area contributed by atoms with Gasteiger partial charge in [0, 0.05) is 24.2 Å². The molecule has 0 aliphatic heterocycles. The third-order valence-corrected chi connectivity index (χ3v) is 5.16. The van der Waals surface area contributed by atoms with Crippen LogP contribution in [0.5, 0.6) is 0 Å². The Hall–Kier alpha value is -1.44. The molecule has 1 atom stereocenters. The van der Waals surface area contributed by atoms with Gasteiger partial charge in [0.25, 0.3) is 5.91 Å². The van der Waals surface area contributed by atoms with Crippen molar-refractivity contribution in [3.63, 3.8) is 0 Å². The molecule has 0 saturated carbocycles. The lowest BCUT2D eigenvalue weighted by atomic mass is 9.90. The molecule has 0 aliphatic carbocycles. The Morgan fingerprint density at radius 2 is 1.83 bits per heavy atom. The summed E-state index contributed by atoms with van der Waals surface area (Å²) >= 11 is 0. The van der Waals surface area contributed by atoms with Gasteiger partial charge in [-0.25, -0.2) is 13.1 Å². The third kappa shape index (κ3) is 6.59. The van der Waals surface area contributed by atoms with Crippen LogP contribution in [-0.4, -0.2) is 32.2 Å². The largest absolute Gasteiger partial charge is 0.346 e. The number of sulfonamides is 1. The van der Waals surface area contributed by atoms with Gasteiger partial charge in [-0.15, -0.1) is 0 Å². The number of nitrogens with two attached hydrogens (primary N) is 1. The van der Waals surface area contributed by atoms with Crippen LogP contribution in [0, 0.1) is 5.92 Å². The summed E-state index contributed by atoms with van der Waals surface area (Å²) in [6.45, 7) is 8.29. The minimum absolute atomic E-state index is 0.0427. The van der Waals surface area contributed by atoms with Crippen LogP contribution in [0.3, 0.4) is 0 Å². The molecule has 0 bridgehead atoms. The summed E-state index contributed by atoms with van der Waals surface area (Å²) in [5, 5.41) is 3.00. The first kappa shape index (κ1) is 20.6. The van der Waals surface area contributed by atoms with Crippen molar-refractivity contribution in [3.05, 3.63) is 35.4 Å². The Bertz CT molecular complexity index is 642. The lowest BCUT2D eigenvalue weighted by Gasteiger charge is -2.31. The highest BCUT2D eigenvalue weighted by molar-refractivity contribution is 7.89. The maximum absolute atomic E-state index is 12.4. The van der Waals surface area contributed by atoms with Gasteiger partial charge in [0.05, 0.1) is 5.75 Å². The van der Waals surface area contributed by atoms with Gasteiger partial charge in [0.15, 0.2) is 0 Å². The van der Waals surface area contributed by atoms with Crippen LogP contribution in [0.2, 0.25) is 0 Å². The molecule has 1 aromatic carbocycles. The van der Waals surface area contributed by atoms with Gasteiger partial charge in [-0.2, -0.15) is 0 Å². The fourth-order valence-corrected chi connectivity index (χ4v) is 3.09. The first-order valence-electron chi connectivity index (χ1n) is 8.19. The SMILES string of the molecule is CCS(=O)(=O)NCc1ccc(C(=O)NC(C)(CN)CC(C)C)cc1. The van der Waals surface area contributed by atoms with E-state index < -0.39 is 15.6 Å². The lowest BCUT2D eigenvalue weighted by molar-refractivity contribution is 0.0898. The summed E-state index contributed by atoms with van der Waals surface area (Å²) in [4.78, 5) is 12.4. The van der Waals surface area contributed by atoms with Crippen LogP contribution in [-0.2, 0) is 16.6 Å². The van der Waals surface area contributed by atoms with Crippen LogP contribution >= 0.6 is 0 Å². The predicted octanol–water partition coefficient (Wildman–Crippen LogP) is 1.62. The van der Waals surface area contributed by atoms with E-state index in [0.29, 0.717) is 18.0 Å². The molecule has 1 amide bonds.